The van der Waals surface area contributed by atoms with Crippen molar-refractivity contribution in [3.05, 3.63) is 155 Å². The quantitative estimate of drug-likeness (QED) is 0.155. The van der Waals surface area contributed by atoms with Gasteiger partial charge in [0, 0.05) is 0 Å². The van der Waals surface area contributed by atoms with Crippen LogP contribution in [-0.2, 0) is 10.8 Å². The van der Waals surface area contributed by atoms with E-state index < -0.39 is 0 Å². The first-order valence-corrected chi connectivity index (χ1v) is 21.1. The maximum atomic E-state index is 2.54. The Morgan fingerprint density at radius 3 is 0.948 bits per heavy atom. The standard InChI is InChI=1S/C58H50/c1-31-11-13-33(3)43(21-31)35-23-49-41-19-20-42-48(47(41)29-53-39-17-15-37(57(5,6)7)27-45(39)51(25-35)55(49)53)30-54-40-18-16-38(58(8,9)10)28-46(40)52-26-36(24-50(42)56(52)54)44-22-32(2)12-14-34(44)4/h11-30H,1-10H3. The minimum absolute atomic E-state index is 0.0525. The summed E-state index contributed by atoms with van der Waals surface area (Å²) >= 11 is 0. The van der Waals surface area contributed by atoms with Crippen LogP contribution in [0.1, 0.15) is 74.9 Å². The molecule has 58 heavy (non-hydrogen) atoms. The number of rotatable bonds is 2. The number of fused-ring (bicyclic) bond motifs is 11. The second-order valence-corrected chi connectivity index (χ2v) is 19.7. The third-order valence-electron chi connectivity index (χ3n) is 13.6. The lowest BCUT2D eigenvalue weighted by Gasteiger charge is -2.19. The highest BCUT2D eigenvalue weighted by Gasteiger charge is 2.24. The topological polar surface area (TPSA) is 0 Å². The van der Waals surface area contributed by atoms with Crippen molar-refractivity contribution in [1.29, 1.82) is 0 Å². The van der Waals surface area contributed by atoms with Crippen LogP contribution < -0.4 is 0 Å². The molecule has 0 saturated heterocycles. The van der Waals surface area contributed by atoms with Crippen molar-refractivity contribution in [2.24, 2.45) is 0 Å². The molecule has 11 rings (SSSR count). The third kappa shape index (κ3) is 5.00. The monoisotopic (exact) mass is 746 g/mol. The Balaban J connectivity index is 1.33. The van der Waals surface area contributed by atoms with E-state index in [9.17, 15) is 0 Å². The van der Waals surface area contributed by atoms with E-state index in [1.54, 1.807) is 0 Å². The molecule has 0 nitrogen and oxygen atoms in total. The van der Waals surface area contributed by atoms with Gasteiger partial charge in [0.2, 0.25) is 0 Å². The van der Waals surface area contributed by atoms with Crippen molar-refractivity contribution < 1.29 is 0 Å². The van der Waals surface area contributed by atoms with Crippen LogP contribution in [0.3, 0.4) is 0 Å². The normalized spacial score (nSPS) is 13.0. The van der Waals surface area contributed by atoms with Crippen LogP contribution in [0.2, 0.25) is 0 Å². The van der Waals surface area contributed by atoms with Crippen LogP contribution in [0.15, 0.2) is 121 Å². The molecule has 0 aliphatic carbocycles. The zero-order valence-electron chi connectivity index (χ0n) is 35.5. The molecule has 0 heteroatoms. The molecule has 0 aliphatic rings. The lowest BCUT2D eigenvalue weighted by molar-refractivity contribution is 0.591. The molecule has 0 heterocycles. The highest BCUT2D eigenvalue weighted by Crippen LogP contribution is 2.50. The lowest BCUT2D eigenvalue weighted by Crippen LogP contribution is -2.10. The van der Waals surface area contributed by atoms with Gasteiger partial charge < -0.3 is 0 Å². The summed E-state index contributed by atoms with van der Waals surface area (Å²) in [6.07, 6.45) is 0. The molecule has 0 fully saturated rings. The first-order valence-electron chi connectivity index (χ1n) is 21.1. The Morgan fingerprint density at radius 2 is 0.586 bits per heavy atom. The van der Waals surface area contributed by atoms with E-state index in [-0.39, 0.29) is 10.8 Å². The minimum atomic E-state index is 0.0525. The van der Waals surface area contributed by atoms with Gasteiger partial charge in [-0.3, -0.25) is 0 Å². The molecule has 0 atom stereocenters. The first-order chi connectivity index (χ1) is 27.6. The summed E-state index contributed by atoms with van der Waals surface area (Å²) in [7, 11) is 0. The van der Waals surface area contributed by atoms with E-state index in [0.717, 1.165) is 0 Å². The van der Waals surface area contributed by atoms with Crippen LogP contribution in [-0.4, -0.2) is 0 Å². The molecule has 0 spiro atoms. The number of benzene rings is 9. The molecule has 0 aromatic heterocycles. The zero-order valence-corrected chi connectivity index (χ0v) is 35.5. The molecule has 0 bridgehead atoms. The van der Waals surface area contributed by atoms with Gasteiger partial charge in [-0.25, -0.2) is 0 Å². The van der Waals surface area contributed by atoms with E-state index in [4.69, 9.17) is 0 Å². The molecule has 11 aromatic carbocycles. The highest BCUT2D eigenvalue weighted by atomic mass is 14.3. The van der Waals surface area contributed by atoms with Crippen molar-refractivity contribution in [1.82, 2.24) is 0 Å². The van der Waals surface area contributed by atoms with Gasteiger partial charge in [0.25, 0.3) is 0 Å². The van der Waals surface area contributed by atoms with Gasteiger partial charge in [0.05, 0.1) is 0 Å². The maximum absolute atomic E-state index is 2.54. The zero-order chi connectivity index (χ0) is 40.2. The summed E-state index contributed by atoms with van der Waals surface area (Å²) in [6, 6.07) is 48.1. The highest BCUT2D eigenvalue weighted by molar-refractivity contribution is 6.40. The second kappa shape index (κ2) is 11.8. The summed E-state index contributed by atoms with van der Waals surface area (Å²) in [5, 5.41) is 21.6. The van der Waals surface area contributed by atoms with Gasteiger partial charge in [-0.1, -0.05) is 125 Å². The van der Waals surface area contributed by atoms with Crippen molar-refractivity contribution in [2.75, 3.05) is 0 Å². The number of hydrogen-bond donors (Lipinski definition) is 0. The van der Waals surface area contributed by atoms with E-state index in [0.29, 0.717) is 0 Å². The Morgan fingerprint density at radius 1 is 0.276 bits per heavy atom. The van der Waals surface area contributed by atoms with Gasteiger partial charge in [-0.05, 0) is 218 Å². The second-order valence-electron chi connectivity index (χ2n) is 19.7. The van der Waals surface area contributed by atoms with E-state index in [2.05, 4.69) is 191 Å². The van der Waals surface area contributed by atoms with Gasteiger partial charge in [-0.2, -0.15) is 0 Å². The fourth-order valence-corrected chi connectivity index (χ4v) is 10.3. The Bertz CT molecular complexity index is 3300. The predicted octanol–water partition coefficient (Wildman–Crippen LogP) is 17.0. The van der Waals surface area contributed by atoms with E-state index in [1.807, 2.05) is 0 Å². The average Bonchev–Trinajstić information content (AvgIpc) is 3.68. The van der Waals surface area contributed by atoms with Crippen molar-refractivity contribution in [3.8, 4) is 22.3 Å². The molecule has 0 saturated carbocycles. The van der Waals surface area contributed by atoms with Crippen LogP contribution >= 0.6 is 0 Å². The van der Waals surface area contributed by atoms with E-state index in [1.165, 1.54) is 142 Å². The summed E-state index contributed by atoms with van der Waals surface area (Å²) in [5.41, 5.74) is 13.3. The molecule has 0 aliphatic heterocycles. The van der Waals surface area contributed by atoms with Gasteiger partial charge in [-0.15, -0.1) is 0 Å². The first kappa shape index (κ1) is 35.2. The SMILES string of the molecule is Cc1ccc(C)c(-c2cc3c4ccc5c(cc6c7ccc(C(C)(C)C)cc7c7cc(-c8cc(C)ccc8C)cc5c76)c4cc4c5ccc(C(C)(C)C)cc5c(c2)c34)c1. The Kier molecular flexibility index (Phi) is 7.16. The van der Waals surface area contributed by atoms with Crippen molar-refractivity contribution in [3.63, 3.8) is 0 Å². The van der Waals surface area contributed by atoms with Crippen LogP contribution in [0.4, 0.5) is 0 Å². The average molecular weight is 747 g/mol. The molecular formula is C58H50. The van der Waals surface area contributed by atoms with Crippen LogP contribution in [0, 0.1) is 27.7 Å². The molecule has 11 aromatic rings. The van der Waals surface area contributed by atoms with E-state index >= 15 is 0 Å². The summed E-state index contributed by atoms with van der Waals surface area (Å²) < 4.78 is 0. The molecule has 0 unspecified atom stereocenters. The summed E-state index contributed by atoms with van der Waals surface area (Å²) in [4.78, 5) is 0. The molecule has 0 amide bonds. The van der Waals surface area contributed by atoms with Crippen molar-refractivity contribution in [2.45, 2.75) is 80.1 Å². The lowest BCUT2D eigenvalue weighted by atomic mass is 9.86. The third-order valence-corrected chi connectivity index (χ3v) is 13.6. The Labute approximate surface area is 341 Å². The number of hydrogen-bond acceptors (Lipinski definition) is 0. The summed E-state index contributed by atoms with van der Waals surface area (Å²) in [5.74, 6) is 0. The molecular weight excluding hydrogens is 697 g/mol. The predicted molar refractivity (Wildman–Crippen MR) is 256 cm³/mol. The van der Waals surface area contributed by atoms with Crippen LogP contribution in [0.25, 0.3) is 108 Å². The summed E-state index contributed by atoms with van der Waals surface area (Å²) in [6.45, 7) is 22.9. The van der Waals surface area contributed by atoms with Gasteiger partial charge >= 0.3 is 0 Å². The van der Waals surface area contributed by atoms with Crippen molar-refractivity contribution >= 4 is 86.2 Å². The largest absolute Gasteiger partial charge is 0.0590 e. The smallest absolute Gasteiger partial charge is 0.00195 e. The molecule has 282 valence electrons. The van der Waals surface area contributed by atoms with Gasteiger partial charge in [0.15, 0.2) is 0 Å². The Hall–Kier alpha value is -5.98. The molecule has 0 radical (unpaired) electrons. The van der Waals surface area contributed by atoms with Crippen LogP contribution in [0.5, 0.6) is 0 Å². The fourth-order valence-electron chi connectivity index (χ4n) is 10.3. The minimum Gasteiger partial charge on any atom is -0.0590 e. The van der Waals surface area contributed by atoms with Gasteiger partial charge in [0.1, 0.15) is 0 Å². The fraction of sp³-hybridized carbons (Fsp3) is 0.207. The maximum Gasteiger partial charge on any atom is -0.00195 e. The molecule has 0 N–H and O–H groups in total. The number of aryl methyl sites for hydroxylation is 4.